The van der Waals surface area contributed by atoms with Crippen LogP contribution in [0.1, 0.15) is 22.8 Å². The third-order valence-electron chi connectivity index (χ3n) is 3.49. The minimum absolute atomic E-state index is 0.0275. The van der Waals surface area contributed by atoms with Gasteiger partial charge in [0.1, 0.15) is 18.0 Å². The molecule has 3 aromatic rings. The number of nitrogens with zero attached hydrogens (tertiary/aromatic N) is 3. The fourth-order valence-corrected chi connectivity index (χ4v) is 2.24. The molecule has 0 aliphatic heterocycles. The molecule has 0 atom stereocenters. The van der Waals surface area contributed by atoms with E-state index in [1.807, 2.05) is 18.2 Å². The number of hydrogen-bond acceptors (Lipinski definition) is 6. The second kappa shape index (κ2) is 7.23. The molecule has 2 aromatic carbocycles. The molecule has 2 N–H and O–H groups in total. The topological polar surface area (TPSA) is 90.7 Å². The highest BCUT2D eigenvalue weighted by molar-refractivity contribution is 5.94. The minimum Gasteiger partial charge on any atom is -0.340 e. The van der Waals surface area contributed by atoms with E-state index >= 15 is 0 Å². The quantitative estimate of drug-likeness (QED) is 0.687. The van der Waals surface area contributed by atoms with E-state index in [1.165, 1.54) is 13.3 Å². The Balaban J connectivity index is 1.75. The number of carbonyl (C=O) groups is 1. The zero-order valence-corrected chi connectivity index (χ0v) is 13.5. The lowest BCUT2D eigenvalue weighted by Crippen LogP contribution is -1.99. The van der Waals surface area contributed by atoms with Crippen molar-refractivity contribution in [3.63, 3.8) is 0 Å². The third kappa shape index (κ3) is 4.18. The SMILES string of the molecule is CC(=O)c1ccc(Nc2cc(Nc3cccc(C#N)c3)ncn2)cc1. The van der Waals surface area contributed by atoms with Crippen molar-refractivity contribution in [1.29, 1.82) is 5.26 Å². The van der Waals surface area contributed by atoms with Crippen molar-refractivity contribution in [2.45, 2.75) is 6.92 Å². The number of ketones is 1. The summed E-state index contributed by atoms with van der Waals surface area (Å²) in [5.41, 5.74) is 2.83. The minimum atomic E-state index is 0.0275. The molecule has 0 spiro atoms. The predicted molar refractivity (Wildman–Crippen MR) is 96.2 cm³/mol. The Labute approximate surface area is 145 Å². The van der Waals surface area contributed by atoms with Crippen molar-refractivity contribution in [3.8, 4) is 6.07 Å². The highest BCUT2D eigenvalue weighted by atomic mass is 16.1. The van der Waals surface area contributed by atoms with Crippen molar-refractivity contribution in [2.24, 2.45) is 0 Å². The summed E-state index contributed by atoms with van der Waals surface area (Å²) in [5.74, 6) is 1.25. The monoisotopic (exact) mass is 329 g/mol. The van der Waals surface area contributed by atoms with Gasteiger partial charge in [0.25, 0.3) is 0 Å². The average molecular weight is 329 g/mol. The maximum absolute atomic E-state index is 11.3. The van der Waals surface area contributed by atoms with Crippen LogP contribution < -0.4 is 10.6 Å². The molecule has 0 radical (unpaired) electrons. The zero-order chi connectivity index (χ0) is 17.6. The van der Waals surface area contributed by atoms with E-state index in [9.17, 15) is 4.79 Å². The summed E-state index contributed by atoms with van der Waals surface area (Å²) in [5, 5.41) is 15.3. The van der Waals surface area contributed by atoms with Crippen LogP contribution in [-0.4, -0.2) is 15.8 Å². The van der Waals surface area contributed by atoms with Crippen molar-refractivity contribution in [1.82, 2.24) is 9.97 Å². The van der Waals surface area contributed by atoms with E-state index in [4.69, 9.17) is 5.26 Å². The molecule has 0 aliphatic rings. The van der Waals surface area contributed by atoms with Crippen molar-refractivity contribution in [3.05, 3.63) is 72.1 Å². The van der Waals surface area contributed by atoms with Crippen LogP contribution in [0, 0.1) is 11.3 Å². The van der Waals surface area contributed by atoms with Gasteiger partial charge >= 0.3 is 0 Å². The van der Waals surface area contributed by atoms with Gasteiger partial charge in [0.05, 0.1) is 11.6 Å². The van der Waals surface area contributed by atoms with Crippen LogP contribution >= 0.6 is 0 Å². The smallest absolute Gasteiger partial charge is 0.159 e. The molecule has 0 amide bonds. The lowest BCUT2D eigenvalue weighted by Gasteiger charge is -2.09. The van der Waals surface area contributed by atoms with Crippen molar-refractivity contribution >= 4 is 28.8 Å². The van der Waals surface area contributed by atoms with E-state index in [0.29, 0.717) is 22.8 Å². The van der Waals surface area contributed by atoms with Gasteiger partial charge in [-0.15, -0.1) is 0 Å². The molecule has 122 valence electrons. The summed E-state index contributed by atoms with van der Waals surface area (Å²) in [6.07, 6.45) is 1.45. The van der Waals surface area contributed by atoms with E-state index < -0.39 is 0 Å². The van der Waals surface area contributed by atoms with Gasteiger partial charge in [-0.3, -0.25) is 4.79 Å². The van der Waals surface area contributed by atoms with Crippen molar-refractivity contribution < 1.29 is 4.79 Å². The maximum Gasteiger partial charge on any atom is 0.159 e. The van der Waals surface area contributed by atoms with Gasteiger partial charge in [0.2, 0.25) is 0 Å². The van der Waals surface area contributed by atoms with Crippen LogP contribution in [0.5, 0.6) is 0 Å². The first kappa shape index (κ1) is 16.1. The second-order valence-electron chi connectivity index (χ2n) is 5.36. The number of hydrogen-bond donors (Lipinski definition) is 2. The number of anilines is 4. The molecule has 1 heterocycles. The largest absolute Gasteiger partial charge is 0.340 e. The fourth-order valence-electron chi connectivity index (χ4n) is 2.24. The molecule has 0 unspecified atom stereocenters. The van der Waals surface area contributed by atoms with Gasteiger partial charge in [-0.25, -0.2) is 9.97 Å². The molecule has 25 heavy (non-hydrogen) atoms. The van der Waals surface area contributed by atoms with E-state index in [1.54, 1.807) is 36.4 Å². The Morgan fingerprint density at radius 3 is 2.28 bits per heavy atom. The van der Waals surface area contributed by atoms with E-state index in [0.717, 1.165) is 11.4 Å². The van der Waals surface area contributed by atoms with Gasteiger partial charge < -0.3 is 10.6 Å². The number of rotatable bonds is 5. The van der Waals surface area contributed by atoms with Crippen LogP contribution in [0.3, 0.4) is 0 Å². The van der Waals surface area contributed by atoms with Gasteiger partial charge in [0.15, 0.2) is 5.78 Å². The predicted octanol–water partition coefficient (Wildman–Crippen LogP) is 4.04. The maximum atomic E-state index is 11.3. The molecule has 6 heteroatoms. The van der Waals surface area contributed by atoms with Gasteiger partial charge in [-0.2, -0.15) is 5.26 Å². The average Bonchev–Trinajstić information content (AvgIpc) is 2.62. The van der Waals surface area contributed by atoms with Gasteiger partial charge in [0, 0.05) is 23.0 Å². The Morgan fingerprint density at radius 2 is 1.64 bits per heavy atom. The zero-order valence-electron chi connectivity index (χ0n) is 13.5. The second-order valence-corrected chi connectivity index (χ2v) is 5.36. The summed E-state index contributed by atoms with van der Waals surface area (Å²) in [7, 11) is 0. The first-order valence-electron chi connectivity index (χ1n) is 7.61. The molecule has 0 aliphatic carbocycles. The molecule has 0 saturated heterocycles. The van der Waals surface area contributed by atoms with Crippen molar-refractivity contribution in [2.75, 3.05) is 10.6 Å². The Morgan fingerprint density at radius 1 is 0.960 bits per heavy atom. The van der Waals surface area contributed by atoms with Crippen LogP contribution in [0.25, 0.3) is 0 Å². The first-order valence-corrected chi connectivity index (χ1v) is 7.61. The van der Waals surface area contributed by atoms with Gasteiger partial charge in [-0.05, 0) is 49.4 Å². The highest BCUT2D eigenvalue weighted by Gasteiger charge is 2.03. The first-order chi connectivity index (χ1) is 12.1. The summed E-state index contributed by atoms with van der Waals surface area (Å²) < 4.78 is 0. The van der Waals surface area contributed by atoms with Crippen LogP contribution in [0.4, 0.5) is 23.0 Å². The molecule has 0 fully saturated rings. The number of Topliss-reactive ketones (excluding diaryl/α,β-unsaturated/α-hetero) is 1. The molecule has 0 saturated carbocycles. The number of aromatic nitrogens is 2. The van der Waals surface area contributed by atoms with Crippen LogP contribution in [0.2, 0.25) is 0 Å². The summed E-state index contributed by atoms with van der Waals surface area (Å²) in [6, 6.07) is 18.2. The third-order valence-corrected chi connectivity index (χ3v) is 3.49. The molecule has 3 rings (SSSR count). The molecular formula is C19H15N5O. The Bertz CT molecular complexity index is 945. The number of benzene rings is 2. The van der Waals surface area contributed by atoms with E-state index in [-0.39, 0.29) is 5.78 Å². The molecule has 1 aromatic heterocycles. The fraction of sp³-hybridized carbons (Fsp3) is 0.0526. The Kier molecular flexibility index (Phi) is 4.67. The van der Waals surface area contributed by atoms with E-state index in [2.05, 4.69) is 26.7 Å². The number of nitrogens with one attached hydrogen (secondary N) is 2. The Hall–Kier alpha value is -3.72. The molecular weight excluding hydrogens is 314 g/mol. The van der Waals surface area contributed by atoms with Gasteiger partial charge in [-0.1, -0.05) is 6.07 Å². The summed E-state index contributed by atoms with van der Waals surface area (Å²) in [6.45, 7) is 1.53. The lowest BCUT2D eigenvalue weighted by atomic mass is 10.1. The molecule has 0 bridgehead atoms. The van der Waals surface area contributed by atoms with Crippen LogP contribution in [0.15, 0.2) is 60.9 Å². The summed E-state index contributed by atoms with van der Waals surface area (Å²) >= 11 is 0. The number of nitriles is 1. The lowest BCUT2D eigenvalue weighted by molar-refractivity contribution is 0.101. The highest BCUT2D eigenvalue weighted by Crippen LogP contribution is 2.20. The number of carbonyl (C=O) groups excluding carboxylic acids is 1. The standard InChI is InChI=1S/C19H15N5O/c1-13(25)15-5-7-16(8-6-15)23-18-10-19(22-12-21-18)24-17-4-2-3-14(9-17)11-20/h2-10,12H,1H3,(H2,21,22,23,24). The summed E-state index contributed by atoms with van der Waals surface area (Å²) in [4.78, 5) is 19.7. The van der Waals surface area contributed by atoms with Crippen LogP contribution in [-0.2, 0) is 0 Å². The molecule has 6 nitrogen and oxygen atoms in total. The normalized spacial score (nSPS) is 9.92.